The van der Waals surface area contributed by atoms with Gasteiger partial charge in [-0.3, -0.25) is 9.59 Å². The Morgan fingerprint density at radius 2 is 1.85 bits per heavy atom. The lowest BCUT2D eigenvalue weighted by molar-refractivity contribution is -0.148. The summed E-state index contributed by atoms with van der Waals surface area (Å²) in [6, 6.07) is 0. The Bertz CT molecular complexity index is 617. The van der Waals surface area contributed by atoms with Gasteiger partial charge in [0, 0.05) is 24.7 Å². The second kappa shape index (κ2) is 6.10. The minimum atomic E-state index is -2.33. The molecule has 0 aliphatic heterocycles. The first kappa shape index (κ1) is 18.6. The van der Waals surface area contributed by atoms with Crippen molar-refractivity contribution in [2.75, 3.05) is 0 Å². The summed E-state index contributed by atoms with van der Waals surface area (Å²) in [5.41, 5.74) is -0.138. The van der Waals surface area contributed by atoms with Crippen LogP contribution in [0.15, 0.2) is 0 Å². The molecule has 0 spiro atoms. The van der Waals surface area contributed by atoms with E-state index in [9.17, 15) is 18.4 Å². The Morgan fingerprint density at radius 1 is 1.12 bits per heavy atom. The third kappa shape index (κ3) is 2.46. The van der Waals surface area contributed by atoms with Crippen molar-refractivity contribution in [2.45, 2.75) is 78.6 Å². The van der Waals surface area contributed by atoms with Crippen molar-refractivity contribution in [3.8, 4) is 0 Å². The van der Waals surface area contributed by atoms with E-state index in [1.165, 1.54) is 0 Å². The predicted octanol–water partition coefficient (Wildman–Crippen LogP) is 5.29. The molecule has 4 heteroatoms. The fourth-order valence-corrected chi connectivity index (χ4v) is 8.11. The van der Waals surface area contributed by atoms with Crippen molar-refractivity contribution in [3.63, 3.8) is 0 Å². The van der Waals surface area contributed by atoms with Gasteiger partial charge < -0.3 is 0 Å². The minimum Gasteiger partial charge on any atom is -0.300 e. The fraction of sp³-hybridized carbons (Fsp3) is 0.909. The third-order valence-electron chi connectivity index (χ3n) is 9.36. The summed E-state index contributed by atoms with van der Waals surface area (Å²) < 4.78 is 28.0. The molecule has 2 unspecified atom stereocenters. The first-order valence-electron chi connectivity index (χ1n) is 10.5. The fourth-order valence-electron chi connectivity index (χ4n) is 8.11. The van der Waals surface area contributed by atoms with Gasteiger partial charge in [0.1, 0.15) is 11.6 Å². The molecule has 4 aliphatic rings. The number of hydrogen-bond donors (Lipinski definition) is 0. The summed E-state index contributed by atoms with van der Waals surface area (Å²) in [5.74, 6) is 0.788. The first-order chi connectivity index (χ1) is 12.2. The first-order valence-corrected chi connectivity index (χ1v) is 10.5. The number of carbonyl (C=O) groups is 2. The maximum atomic E-state index is 14.0. The minimum absolute atomic E-state index is 0.0365. The van der Waals surface area contributed by atoms with Crippen LogP contribution in [-0.4, -0.2) is 18.0 Å². The smallest absolute Gasteiger partial charge is 0.241 e. The van der Waals surface area contributed by atoms with Gasteiger partial charge in [-0.1, -0.05) is 13.8 Å². The molecule has 0 amide bonds. The summed E-state index contributed by atoms with van der Waals surface area (Å²) in [6.45, 7) is 6.05. The molecule has 8 atom stereocenters. The lowest BCUT2D eigenvalue weighted by Crippen LogP contribution is -2.55. The van der Waals surface area contributed by atoms with Crippen LogP contribution < -0.4 is 0 Å². The maximum Gasteiger partial charge on any atom is 0.241 e. The van der Waals surface area contributed by atoms with Crippen LogP contribution in [0.25, 0.3) is 0 Å². The van der Waals surface area contributed by atoms with Crippen LogP contribution in [0.1, 0.15) is 72.1 Å². The molecular weight excluding hydrogens is 334 g/mol. The quantitative estimate of drug-likeness (QED) is 0.665. The van der Waals surface area contributed by atoms with Crippen LogP contribution in [0.5, 0.6) is 0 Å². The van der Waals surface area contributed by atoms with Gasteiger partial charge in [-0.05, 0) is 80.0 Å². The molecule has 0 aromatic heterocycles. The molecule has 0 heterocycles. The molecule has 0 aromatic carbocycles. The largest absolute Gasteiger partial charge is 0.300 e. The van der Waals surface area contributed by atoms with Crippen molar-refractivity contribution in [2.24, 2.45) is 46.3 Å². The molecule has 4 saturated carbocycles. The predicted molar refractivity (Wildman–Crippen MR) is 95.8 cm³/mol. The van der Waals surface area contributed by atoms with Crippen molar-refractivity contribution in [3.05, 3.63) is 0 Å². The van der Waals surface area contributed by atoms with Crippen LogP contribution in [-0.2, 0) is 9.59 Å². The molecule has 0 radical (unpaired) electrons. The zero-order chi connectivity index (χ0) is 18.9. The van der Waals surface area contributed by atoms with Gasteiger partial charge in [0.15, 0.2) is 0 Å². The summed E-state index contributed by atoms with van der Waals surface area (Å²) in [6.07, 6.45) is 4.21. The van der Waals surface area contributed by atoms with E-state index in [1.807, 2.05) is 0 Å². The van der Waals surface area contributed by atoms with Crippen molar-refractivity contribution < 1.29 is 18.4 Å². The number of rotatable bonds is 2. The molecular formula is C22H32F2O2. The molecule has 4 rings (SSSR count). The normalized spacial score (nSPS) is 50.9. The molecule has 2 nitrogen and oxygen atoms in total. The Kier molecular flexibility index (Phi) is 4.36. The highest BCUT2D eigenvalue weighted by atomic mass is 19.3. The van der Waals surface area contributed by atoms with Crippen LogP contribution in [0.2, 0.25) is 0 Å². The zero-order valence-electron chi connectivity index (χ0n) is 16.3. The highest BCUT2D eigenvalue weighted by Crippen LogP contribution is 2.69. The average molecular weight is 366 g/mol. The molecule has 0 bridgehead atoms. The second-order valence-electron chi connectivity index (χ2n) is 10.3. The van der Waals surface area contributed by atoms with E-state index in [2.05, 4.69) is 13.8 Å². The van der Waals surface area contributed by atoms with E-state index < -0.39 is 12.3 Å². The molecule has 0 aromatic rings. The Morgan fingerprint density at radius 3 is 2.50 bits per heavy atom. The van der Waals surface area contributed by atoms with Crippen molar-refractivity contribution in [1.82, 2.24) is 0 Å². The van der Waals surface area contributed by atoms with Crippen LogP contribution >= 0.6 is 0 Å². The van der Waals surface area contributed by atoms with E-state index in [0.717, 1.165) is 32.1 Å². The van der Waals surface area contributed by atoms with Gasteiger partial charge in [0.2, 0.25) is 6.43 Å². The average Bonchev–Trinajstić information content (AvgIpc) is 2.89. The van der Waals surface area contributed by atoms with Crippen molar-refractivity contribution >= 4 is 11.6 Å². The zero-order valence-corrected chi connectivity index (χ0v) is 16.3. The number of halogens is 2. The van der Waals surface area contributed by atoms with Crippen molar-refractivity contribution in [1.29, 1.82) is 0 Å². The van der Waals surface area contributed by atoms with Crippen LogP contribution in [0.4, 0.5) is 8.78 Å². The number of ketones is 2. The highest BCUT2D eigenvalue weighted by Gasteiger charge is 2.64. The van der Waals surface area contributed by atoms with Gasteiger partial charge in [0.05, 0.1) is 0 Å². The molecule has 4 fully saturated rings. The third-order valence-corrected chi connectivity index (χ3v) is 9.36. The lowest BCUT2D eigenvalue weighted by atomic mass is 9.44. The van der Waals surface area contributed by atoms with Gasteiger partial charge in [-0.2, -0.15) is 0 Å². The Labute approximate surface area is 155 Å². The van der Waals surface area contributed by atoms with Gasteiger partial charge >= 0.3 is 0 Å². The molecule has 26 heavy (non-hydrogen) atoms. The number of fused-ring (bicyclic) bond motifs is 5. The van der Waals surface area contributed by atoms with E-state index in [4.69, 9.17) is 0 Å². The maximum absolute atomic E-state index is 14.0. The summed E-state index contributed by atoms with van der Waals surface area (Å²) >= 11 is 0. The van der Waals surface area contributed by atoms with Crippen LogP contribution in [0.3, 0.4) is 0 Å². The second-order valence-corrected chi connectivity index (χ2v) is 10.3. The summed E-state index contributed by atoms with van der Waals surface area (Å²) in [7, 11) is 0. The van der Waals surface area contributed by atoms with Crippen LogP contribution in [0, 0.1) is 46.3 Å². The summed E-state index contributed by atoms with van der Waals surface area (Å²) in [4.78, 5) is 24.3. The Hall–Kier alpha value is -0.800. The number of hydrogen-bond acceptors (Lipinski definition) is 2. The van der Waals surface area contributed by atoms with E-state index in [1.54, 1.807) is 6.92 Å². The SMILES string of the molecule is CC(=O)[C@H]1CC(C(F)F)[C@H]2[C@@H]3CCC4CC(=O)CC[C@]4(C)[C@H]3CC[C@]12C. The van der Waals surface area contributed by atoms with E-state index in [-0.39, 0.29) is 28.4 Å². The highest BCUT2D eigenvalue weighted by molar-refractivity contribution is 5.80. The Balaban J connectivity index is 1.70. The number of alkyl halides is 2. The molecule has 4 aliphatic carbocycles. The molecule has 146 valence electrons. The monoisotopic (exact) mass is 366 g/mol. The van der Waals surface area contributed by atoms with Gasteiger partial charge in [-0.25, -0.2) is 8.78 Å². The van der Waals surface area contributed by atoms with E-state index >= 15 is 0 Å². The lowest BCUT2D eigenvalue weighted by Gasteiger charge is -2.60. The molecule has 0 N–H and O–H groups in total. The number of Topliss-reactive ketones (excluding diaryl/α,β-unsaturated/α-hetero) is 2. The topological polar surface area (TPSA) is 34.1 Å². The number of carbonyl (C=O) groups excluding carboxylic acids is 2. The van der Waals surface area contributed by atoms with E-state index in [0.29, 0.717) is 42.8 Å². The van der Waals surface area contributed by atoms with Gasteiger partial charge in [0.25, 0.3) is 0 Å². The standard InChI is InChI=1S/C22H32F2O2/c1-12(25)18-11-16(20(23)24)19-15-5-4-13-10-14(26)6-8-21(13,2)17(15)7-9-22(18,19)3/h13,15-20H,4-11H2,1-3H3/t13?,15-,16?,17+,18-,19-,21+,22-/m1/s1. The molecule has 0 saturated heterocycles. The van der Waals surface area contributed by atoms with Gasteiger partial charge in [-0.15, -0.1) is 0 Å². The summed E-state index contributed by atoms with van der Waals surface area (Å²) in [5, 5.41) is 0.